The minimum Gasteiger partial charge on any atom is -0.493 e. The number of methoxy groups -OCH3 is 2. The zero-order valence-electron chi connectivity index (χ0n) is 11.7. The van der Waals surface area contributed by atoms with Crippen LogP contribution in [0.4, 0.5) is 0 Å². The molecule has 0 saturated heterocycles. The van der Waals surface area contributed by atoms with Gasteiger partial charge in [0.25, 0.3) is 0 Å². The van der Waals surface area contributed by atoms with E-state index in [9.17, 15) is 8.42 Å². The van der Waals surface area contributed by atoms with Crippen LogP contribution in [0.1, 0.15) is 5.56 Å². The van der Waals surface area contributed by atoms with Gasteiger partial charge in [-0.1, -0.05) is 0 Å². The highest BCUT2D eigenvalue weighted by Crippen LogP contribution is 2.36. The molecule has 0 saturated carbocycles. The van der Waals surface area contributed by atoms with Crippen molar-refractivity contribution in [2.45, 2.75) is 6.54 Å². The first-order valence-corrected chi connectivity index (χ1v) is 8.61. The van der Waals surface area contributed by atoms with E-state index >= 15 is 0 Å². The largest absolute Gasteiger partial charge is 0.493 e. The summed E-state index contributed by atoms with van der Waals surface area (Å²) in [6, 6.07) is 3.80. The van der Waals surface area contributed by atoms with Crippen LogP contribution < -0.4 is 19.5 Å². The zero-order chi connectivity index (χ0) is 15.2. The van der Waals surface area contributed by atoms with Crippen molar-refractivity contribution in [1.82, 2.24) is 10.0 Å². The van der Waals surface area contributed by atoms with E-state index in [2.05, 4.69) is 26.0 Å². The third-order valence-electron chi connectivity index (χ3n) is 2.49. The Kier molecular flexibility index (Phi) is 6.74. The molecular formula is C12H19BrN2O4S. The molecule has 0 aliphatic heterocycles. The molecule has 0 spiro atoms. The van der Waals surface area contributed by atoms with Crippen molar-refractivity contribution in [3.8, 4) is 11.5 Å². The molecule has 1 aromatic carbocycles. The summed E-state index contributed by atoms with van der Waals surface area (Å²) in [6.45, 7) is 1.50. The lowest BCUT2D eigenvalue weighted by Gasteiger charge is -2.12. The third kappa shape index (κ3) is 5.66. The van der Waals surface area contributed by atoms with E-state index in [4.69, 9.17) is 9.47 Å². The van der Waals surface area contributed by atoms with Gasteiger partial charge in [-0.15, -0.1) is 0 Å². The number of benzene rings is 1. The molecular weight excluding hydrogens is 348 g/mol. The lowest BCUT2D eigenvalue weighted by molar-refractivity contribution is 0.352. The van der Waals surface area contributed by atoms with Crippen LogP contribution in [0.25, 0.3) is 0 Å². The number of nitrogens with one attached hydrogen (secondary N) is 2. The summed E-state index contributed by atoms with van der Waals surface area (Å²) in [4.78, 5) is 0. The number of hydrogen-bond donors (Lipinski definition) is 2. The van der Waals surface area contributed by atoms with Crippen molar-refractivity contribution in [1.29, 1.82) is 0 Å². The van der Waals surface area contributed by atoms with Crippen LogP contribution in [0.5, 0.6) is 11.5 Å². The van der Waals surface area contributed by atoms with Crippen molar-refractivity contribution in [3.63, 3.8) is 0 Å². The van der Waals surface area contributed by atoms with Gasteiger partial charge in [0, 0.05) is 19.6 Å². The molecule has 8 heteroatoms. The van der Waals surface area contributed by atoms with Gasteiger partial charge in [-0.3, -0.25) is 0 Å². The Bertz CT molecular complexity index is 549. The Balaban J connectivity index is 2.54. The topological polar surface area (TPSA) is 76.7 Å². The van der Waals surface area contributed by atoms with E-state index in [1.54, 1.807) is 14.2 Å². The van der Waals surface area contributed by atoms with Crippen molar-refractivity contribution in [3.05, 3.63) is 22.2 Å². The monoisotopic (exact) mass is 366 g/mol. The van der Waals surface area contributed by atoms with E-state index in [1.807, 2.05) is 12.1 Å². The Morgan fingerprint density at radius 2 is 1.90 bits per heavy atom. The number of rotatable bonds is 8. The van der Waals surface area contributed by atoms with Gasteiger partial charge in [0.05, 0.1) is 24.9 Å². The molecule has 0 aliphatic carbocycles. The Morgan fingerprint density at radius 1 is 1.20 bits per heavy atom. The molecule has 0 amide bonds. The SMILES string of the molecule is COc1cc(CNCCNS(C)(=O)=O)cc(Br)c1OC. The Hall–Kier alpha value is -0.830. The van der Waals surface area contributed by atoms with Gasteiger partial charge < -0.3 is 14.8 Å². The summed E-state index contributed by atoms with van der Waals surface area (Å²) in [6.07, 6.45) is 1.14. The molecule has 1 aromatic rings. The molecule has 0 radical (unpaired) electrons. The second-order valence-corrected chi connectivity index (χ2v) is 6.84. The van der Waals surface area contributed by atoms with Crippen LogP contribution in [0.3, 0.4) is 0 Å². The normalized spacial score (nSPS) is 11.4. The molecule has 6 nitrogen and oxygen atoms in total. The predicted molar refractivity (Wildman–Crippen MR) is 81.8 cm³/mol. The Labute approximate surface area is 128 Å². The van der Waals surface area contributed by atoms with E-state index in [0.717, 1.165) is 16.3 Å². The van der Waals surface area contributed by atoms with Gasteiger partial charge in [0.15, 0.2) is 11.5 Å². The molecule has 0 fully saturated rings. The zero-order valence-corrected chi connectivity index (χ0v) is 14.1. The maximum Gasteiger partial charge on any atom is 0.208 e. The molecule has 0 aromatic heterocycles. The summed E-state index contributed by atoms with van der Waals surface area (Å²) in [7, 11) is 0.0320. The van der Waals surface area contributed by atoms with Gasteiger partial charge in [-0.2, -0.15) is 0 Å². The standard InChI is InChI=1S/C12H19BrN2O4S/c1-18-11-7-9(6-10(13)12(11)19-2)8-14-4-5-15-20(3,16)17/h6-7,14-15H,4-5,8H2,1-3H3. The molecule has 0 atom stereocenters. The van der Waals surface area contributed by atoms with Crippen molar-refractivity contribution < 1.29 is 17.9 Å². The van der Waals surface area contributed by atoms with Crippen LogP contribution in [0, 0.1) is 0 Å². The van der Waals surface area contributed by atoms with Gasteiger partial charge in [-0.25, -0.2) is 13.1 Å². The van der Waals surface area contributed by atoms with E-state index < -0.39 is 10.0 Å². The summed E-state index contributed by atoms with van der Waals surface area (Å²) >= 11 is 3.42. The number of halogens is 1. The summed E-state index contributed by atoms with van der Waals surface area (Å²) in [5, 5.41) is 3.15. The average molecular weight is 367 g/mol. The van der Waals surface area contributed by atoms with Crippen LogP contribution in [-0.2, 0) is 16.6 Å². The fourth-order valence-electron chi connectivity index (χ4n) is 1.63. The fourth-order valence-corrected chi connectivity index (χ4v) is 2.76. The summed E-state index contributed by atoms with van der Waals surface area (Å²) < 4.78 is 35.5. The number of sulfonamides is 1. The van der Waals surface area contributed by atoms with Gasteiger partial charge in [0.1, 0.15) is 0 Å². The molecule has 0 unspecified atom stereocenters. The highest BCUT2D eigenvalue weighted by atomic mass is 79.9. The maximum absolute atomic E-state index is 10.9. The lowest BCUT2D eigenvalue weighted by atomic mass is 10.2. The number of ether oxygens (including phenoxy) is 2. The van der Waals surface area contributed by atoms with E-state index in [0.29, 0.717) is 31.1 Å². The smallest absolute Gasteiger partial charge is 0.208 e. The second-order valence-electron chi connectivity index (χ2n) is 4.16. The lowest BCUT2D eigenvalue weighted by Crippen LogP contribution is -2.30. The minimum absolute atomic E-state index is 0.354. The van der Waals surface area contributed by atoms with Crippen LogP contribution in [-0.4, -0.2) is 42.0 Å². The van der Waals surface area contributed by atoms with Crippen molar-refractivity contribution in [2.24, 2.45) is 0 Å². The highest BCUT2D eigenvalue weighted by molar-refractivity contribution is 9.10. The van der Waals surface area contributed by atoms with Crippen LogP contribution in [0.2, 0.25) is 0 Å². The molecule has 1 rings (SSSR count). The number of hydrogen-bond acceptors (Lipinski definition) is 5. The minimum atomic E-state index is -3.13. The van der Waals surface area contributed by atoms with Crippen molar-refractivity contribution in [2.75, 3.05) is 33.6 Å². The summed E-state index contributed by atoms with van der Waals surface area (Å²) in [5.74, 6) is 1.29. The van der Waals surface area contributed by atoms with Crippen LogP contribution >= 0.6 is 15.9 Å². The molecule has 0 heterocycles. The highest BCUT2D eigenvalue weighted by Gasteiger charge is 2.10. The second kappa shape index (κ2) is 7.82. The van der Waals surface area contributed by atoms with E-state index in [1.165, 1.54) is 0 Å². The van der Waals surface area contributed by atoms with Gasteiger partial charge in [0.2, 0.25) is 10.0 Å². The van der Waals surface area contributed by atoms with Gasteiger partial charge >= 0.3 is 0 Å². The maximum atomic E-state index is 10.9. The van der Waals surface area contributed by atoms with E-state index in [-0.39, 0.29) is 0 Å². The molecule has 20 heavy (non-hydrogen) atoms. The van der Waals surface area contributed by atoms with Crippen molar-refractivity contribution >= 4 is 26.0 Å². The third-order valence-corrected chi connectivity index (χ3v) is 3.81. The first kappa shape index (κ1) is 17.2. The fraction of sp³-hybridized carbons (Fsp3) is 0.500. The quantitative estimate of drug-likeness (QED) is 0.673. The molecule has 0 aliphatic rings. The first-order chi connectivity index (χ1) is 9.37. The molecule has 2 N–H and O–H groups in total. The molecule has 0 bridgehead atoms. The summed E-state index contributed by atoms with van der Waals surface area (Å²) in [5.41, 5.74) is 1.01. The Morgan fingerprint density at radius 3 is 2.45 bits per heavy atom. The first-order valence-electron chi connectivity index (χ1n) is 5.93. The molecule has 114 valence electrons. The van der Waals surface area contributed by atoms with Crippen LogP contribution in [0.15, 0.2) is 16.6 Å². The van der Waals surface area contributed by atoms with Gasteiger partial charge in [-0.05, 0) is 33.6 Å². The average Bonchev–Trinajstić information content (AvgIpc) is 2.36. The predicted octanol–water partition coefficient (Wildman–Crippen LogP) is 1.11.